The van der Waals surface area contributed by atoms with Crippen LogP contribution >= 0.6 is 22.6 Å². The van der Waals surface area contributed by atoms with Gasteiger partial charge in [-0.1, -0.05) is 32.6 Å². The molecule has 0 amide bonds. The van der Waals surface area contributed by atoms with Crippen LogP contribution in [0.25, 0.3) is 0 Å². The van der Waals surface area contributed by atoms with Gasteiger partial charge in [0.25, 0.3) is 0 Å². The summed E-state index contributed by atoms with van der Waals surface area (Å²) in [4.78, 5) is 0. The smallest absolute Gasteiger partial charge is 0.132 e. The highest BCUT2D eigenvalue weighted by molar-refractivity contribution is 14.1. The van der Waals surface area contributed by atoms with Gasteiger partial charge < -0.3 is 10.5 Å². The molecular weight excluding hydrogens is 313 g/mol. The zero-order chi connectivity index (χ0) is 11.8. The summed E-state index contributed by atoms with van der Waals surface area (Å²) in [6.45, 7) is 3.04. The molecule has 0 aliphatic heterocycles. The van der Waals surface area contributed by atoms with E-state index in [-0.39, 0.29) is 0 Å². The number of ether oxygens (including phenoxy) is 1. The minimum atomic E-state index is 0.791. The predicted octanol–water partition coefficient (Wildman–Crippen LogP) is 4.22. The van der Waals surface area contributed by atoms with Crippen molar-refractivity contribution in [2.24, 2.45) is 0 Å². The van der Waals surface area contributed by atoms with E-state index in [2.05, 4.69) is 29.5 Å². The van der Waals surface area contributed by atoms with Crippen molar-refractivity contribution < 1.29 is 4.74 Å². The Morgan fingerprint density at radius 1 is 1.19 bits per heavy atom. The minimum absolute atomic E-state index is 0.791. The third-order valence-corrected chi connectivity index (χ3v) is 3.30. The van der Waals surface area contributed by atoms with Crippen molar-refractivity contribution >= 4 is 28.3 Å². The second-order valence-corrected chi connectivity index (χ2v) is 5.11. The number of halogens is 1. The fraction of sp³-hybridized carbons (Fsp3) is 0.538. The van der Waals surface area contributed by atoms with Crippen molar-refractivity contribution in [3.63, 3.8) is 0 Å². The van der Waals surface area contributed by atoms with Crippen molar-refractivity contribution in [2.45, 2.75) is 39.0 Å². The lowest BCUT2D eigenvalue weighted by molar-refractivity contribution is 0.302. The molecule has 0 unspecified atom stereocenters. The number of benzene rings is 1. The summed E-state index contributed by atoms with van der Waals surface area (Å²) in [5.41, 5.74) is 6.47. The molecule has 1 aromatic carbocycles. The molecule has 0 atom stereocenters. The Hall–Kier alpha value is -0.450. The van der Waals surface area contributed by atoms with Gasteiger partial charge in [0, 0.05) is 5.69 Å². The van der Waals surface area contributed by atoms with Crippen molar-refractivity contribution in [1.82, 2.24) is 0 Å². The molecular formula is C13H20INO. The molecule has 0 heterocycles. The Kier molecular flexibility index (Phi) is 6.61. The van der Waals surface area contributed by atoms with Crippen LogP contribution in [0.1, 0.15) is 39.0 Å². The van der Waals surface area contributed by atoms with Crippen molar-refractivity contribution in [1.29, 1.82) is 0 Å². The lowest BCUT2D eigenvalue weighted by Gasteiger charge is -2.08. The molecule has 2 N–H and O–H groups in total. The van der Waals surface area contributed by atoms with Crippen LogP contribution in [0, 0.1) is 3.57 Å². The van der Waals surface area contributed by atoms with Gasteiger partial charge in [0.2, 0.25) is 0 Å². The first-order chi connectivity index (χ1) is 7.74. The quantitative estimate of drug-likeness (QED) is 0.461. The fourth-order valence-electron chi connectivity index (χ4n) is 1.52. The molecule has 0 aliphatic carbocycles. The van der Waals surface area contributed by atoms with E-state index in [1.807, 2.05) is 18.2 Å². The number of nitrogens with two attached hydrogens (primary N) is 1. The minimum Gasteiger partial charge on any atom is -0.492 e. The maximum absolute atomic E-state index is 5.71. The van der Waals surface area contributed by atoms with E-state index >= 15 is 0 Å². The third kappa shape index (κ3) is 5.05. The molecule has 1 rings (SSSR count). The Morgan fingerprint density at radius 2 is 1.94 bits per heavy atom. The SMILES string of the molecule is CCCCCCCOc1ccc(N)cc1I. The summed E-state index contributed by atoms with van der Waals surface area (Å²) in [5.74, 6) is 0.949. The largest absolute Gasteiger partial charge is 0.492 e. The first-order valence-electron chi connectivity index (χ1n) is 5.92. The second-order valence-electron chi connectivity index (χ2n) is 3.95. The molecule has 0 aliphatic rings. The van der Waals surface area contributed by atoms with Crippen LogP contribution < -0.4 is 10.5 Å². The van der Waals surface area contributed by atoms with E-state index in [0.717, 1.165) is 28.0 Å². The Bertz CT molecular complexity index is 315. The molecule has 2 nitrogen and oxygen atoms in total. The standard InChI is InChI=1S/C13H20INO/c1-2-3-4-5-6-9-16-13-8-7-11(15)10-12(13)14/h7-8,10H,2-6,9,15H2,1H3. The van der Waals surface area contributed by atoms with Crippen LogP contribution in [-0.4, -0.2) is 6.61 Å². The number of hydrogen-bond donors (Lipinski definition) is 1. The van der Waals surface area contributed by atoms with Crippen LogP contribution in [0.4, 0.5) is 5.69 Å². The Balaban J connectivity index is 2.21. The van der Waals surface area contributed by atoms with Crippen molar-refractivity contribution in [3.05, 3.63) is 21.8 Å². The van der Waals surface area contributed by atoms with Gasteiger partial charge in [0.05, 0.1) is 10.2 Å². The van der Waals surface area contributed by atoms with Crippen LogP contribution in [0.3, 0.4) is 0 Å². The Labute approximate surface area is 112 Å². The lowest BCUT2D eigenvalue weighted by Crippen LogP contribution is -1.99. The first kappa shape index (κ1) is 13.6. The molecule has 0 saturated heterocycles. The third-order valence-electron chi connectivity index (χ3n) is 2.46. The number of unbranched alkanes of at least 4 members (excludes halogenated alkanes) is 4. The van der Waals surface area contributed by atoms with E-state index in [0.29, 0.717) is 0 Å². The normalized spacial score (nSPS) is 10.4. The highest BCUT2D eigenvalue weighted by Gasteiger charge is 2.00. The summed E-state index contributed by atoms with van der Waals surface area (Å²) >= 11 is 2.26. The van der Waals surface area contributed by atoms with Crippen molar-refractivity contribution in [2.75, 3.05) is 12.3 Å². The summed E-state index contributed by atoms with van der Waals surface area (Å²) < 4.78 is 6.80. The average molecular weight is 333 g/mol. The van der Waals surface area contributed by atoms with E-state index in [1.54, 1.807) is 0 Å². The highest BCUT2D eigenvalue weighted by atomic mass is 127. The van der Waals surface area contributed by atoms with Gasteiger partial charge in [-0.15, -0.1) is 0 Å². The van der Waals surface area contributed by atoms with Crippen LogP contribution in [0.2, 0.25) is 0 Å². The molecule has 0 fully saturated rings. The number of nitrogen functional groups attached to an aromatic ring is 1. The predicted molar refractivity (Wildman–Crippen MR) is 77.8 cm³/mol. The second kappa shape index (κ2) is 7.76. The van der Waals surface area contributed by atoms with Gasteiger partial charge in [-0.3, -0.25) is 0 Å². The Morgan fingerprint density at radius 3 is 2.62 bits per heavy atom. The lowest BCUT2D eigenvalue weighted by atomic mass is 10.2. The van der Waals surface area contributed by atoms with Crippen LogP contribution in [0.5, 0.6) is 5.75 Å². The molecule has 0 aromatic heterocycles. The molecule has 3 heteroatoms. The molecule has 0 radical (unpaired) electrons. The van der Waals surface area contributed by atoms with Gasteiger partial charge in [-0.2, -0.15) is 0 Å². The molecule has 0 spiro atoms. The zero-order valence-electron chi connectivity index (χ0n) is 9.84. The molecule has 90 valence electrons. The van der Waals surface area contributed by atoms with Gasteiger partial charge in [0.1, 0.15) is 5.75 Å². The van der Waals surface area contributed by atoms with Crippen LogP contribution in [-0.2, 0) is 0 Å². The number of rotatable bonds is 7. The van der Waals surface area contributed by atoms with Gasteiger partial charge in [-0.25, -0.2) is 0 Å². The number of anilines is 1. The summed E-state index contributed by atoms with van der Waals surface area (Å²) in [6.07, 6.45) is 6.34. The summed E-state index contributed by atoms with van der Waals surface area (Å²) in [7, 11) is 0. The van der Waals surface area contributed by atoms with E-state index in [9.17, 15) is 0 Å². The molecule has 16 heavy (non-hydrogen) atoms. The van der Waals surface area contributed by atoms with Crippen LogP contribution in [0.15, 0.2) is 18.2 Å². The molecule has 1 aromatic rings. The van der Waals surface area contributed by atoms with Crippen molar-refractivity contribution in [3.8, 4) is 5.75 Å². The summed E-state index contributed by atoms with van der Waals surface area (Å²) in [5, 5.41) is 0. The number of hydrogen-bond acceptors (Lipinski definition) is 2. The van der Waals surface area contributed by atoms with E-state index < -0.39 is 0 Å². The topological polar surface area (TPSA) is 35.2 Å². The highest BCUT2D eigenvalue weighted by Crippen LogP contribution is 2.23. The average Bonchev–Trinajstić information content (AvgIpc) is 2.26. The maximum Gasteiger partial charge on any atom is 0.132 e. The van der Waals surface area contributed by atoms with E-state index in [1.165, 1.54) is 25.7 Å². The summed E-state index contributed by atoms with van der Waals surface area (Å²) in [6, 6.07) is 5.77. The van der Waals surface area contributed by atoms with E-state index in [4.69, 9.17) is 10.5 Å². The fourth-order valence-corrected chi connectivity index (χ4v) is 2.22. The zero-order valence-corrected chi connectivity index (χ0v) is 12.0. The monoisotopic (exact) mass is 333 g/mol. The van der Waals surface area contributed by atoms with Gasteiger partial charge in [0.15, 0.2) is 0 Å². The van der Waals surface area contributed by atoms with Gasteiger partial charge >= 0.3 is 0 Å². The molecule has 0 saturated carbocycles. The molecule has 0 bridgehead atoms. The van der Waals surface area contributed by atoms with Gasteiger partial charge in [-0.05, 0) is 47.2 Å². The maximum atomic E-state index is 5.71. The first-order valence-corrected chi connectivity index (χ1v) is 6.99.